The van der Waals surface area contributed by atoms with Crippen molar-refractivity contribution in [3.63, 3.8) is 0 Å². The smallest absolute Gasteiger partial charge is 0.141 e. The third kappa shape index (κ3) is 2.51. The summed E-state index contributed by atoms with van der Waals surface area (Å²) in [6.45, 7) is 0. The van der Waals surface area contributed by atoms with Crippen molar-refractivity contribution >= 4 is 11.8 Å². The van der Waals surface area contributed by atoms with E-state index in [1.165, 1.54) is 6.33 Å². The second kappa shape index (κ2) is 4.35. The summed E-state index contributed by atoms with van der Waals surface area (Å²) in [5.74, 6) is 1.83. The Hall–Kier alpha value is -0.550. The van der Waals surface area contributed by atoms with E-state index in [0.29, 0.717) is 0 Å². The van der Waals surface area contributed by atoms with Crippen molar-refractivity contribution in [2.24, 2.45) is 5.73 Å². The summed E-state index contributed by atoms with van der Waals surface area (Å²) in [7, 11) is 0. The fourth-order valence-corrected chi connectivity index (χ4v) is 1.26. The molecule has 11 heavy (non-hydrogen) atoms. The van der Waals surface area contributed by atoms with Crippen LogP contribution in [0.1, 0.15) is 18.3 Å². The number of nitrogens with zero attached hydrogens (tertiary/aromatic N) is 2. The molecule has 0 spiro atoms. The number of hydrogen-bond donors (Lipinski definition) is 2. The maximum Gasteiger partial charge on any atom is 0.141 e. The molecule has 5 heteroatoms. The van der Waals surface area contributed by atoms with E-state index >= 15 is 0 Å². The molecule has 0 saturated heterocycles. The summed E-state index contributed by atoms with van der Waals surface area (Å²) < 4.78 is 0. The molecule has 1 heterocycles. The fourth-order valence-electron chi connectivity index (χ4n) is 0.775. The highest BCUT2D eigenvalue weighted by Gasteiger charge is 2.06. The molecule has 0 unspecified atom stereocenters. The first-order valence-corrected chi connectivity index (χ1v) is 4.83. The minimum Gasteiger partial charge on any atom is -0.321 e. The zero-order valence-corrected chi connectivity index (χ0v) is 7.27. The fraction of sp³-hybridized carbons (Fsp3) is 0.667. The van der Waals surface area contributed by atoms with Gasteiger partial charge in [-0.2, -0.15) is 16.9 Å². The van der Waals surface area contributed by atoms with Crippen LogP contribution in [-0.4, -0.2) is 27.2 Å². The Morgan fingerprint density at radius 3 is 3.18 bits per heavy atom. The number of nitrogens with one attached hydrogen (secondary N) is 1. The average Bonchev–Trinajstić information content (AvgIpc) is 2.52. The molecule has 1 aromatic rings. The largest absolute Gasteiger partial charge is 0.321 e. The minimum atomic E-state index is 0.00458. The number of nitrogens with two attached hydrogens (primary N) is 1. The molecule has 0 fully saturated rings. The van der Waals surface area contributed by atoms with Gasteiger partial charge in [-0.3, -0.25) is 5.10 Å². The highest BCUT2D eigenvalue weighted by molar-refractivity contribution is 7.98. The maximum absolute atomic E-state index is 5.78. The van der Waals surface area contributed by atoms with Gasteiger partial charge in [0.2, 0.25) is 0 Å². The van der Waals surface area contributed by atoms with E-state index in [2.05, 4.69) is 21.4 Å². The van der Waals surface area contributed by atoms with Gasteiger partial charge in [0.25, 0.3) is 0 Å². The van der Waals surface area contributed by atoms with Crippen LogP contribution in [0, 0.1) is 0 Å². The Kier molecular flexibility index (Phi) is 3.38. The van der Waals surface area contributed by atoms with E-state index in [1.54, 1.807) is 11.8 Å². The van der Waals surface area contributed by atoms with Crippen LogP contribution in [0.3, 0.4) is 0 Å². The standard InChI is InChI=1S/C6H12N4S/c1-11-3-2-5(7)6-8-4-9-10-6/h4-5H,2-3,7H2,1H3,(H,8,9,10)/t5-/m1/s1. The molecule has 0 aliphatic carbocycles. The van der Waals surface area contributed by atoms with Crippen LogP contribution in [0.5, 0.6) is 0 Å². The molecule has 0 aliphatic rings. The Morgan fingerprint density at radius 2 is 2.64 bits per heavy atom. The summed E-state index contributed by atoms with van der Waals surface area (Å²) >= 11 is 1.79. The van der Waals surface area contributed by atoms with E-state index in [4.69, 9.17) is 5.73 Å². The first-order valence-electron chi connectivity index (χ1n) is 3.44. The van der Waals surface area contributed by atoms with Gasteiger partial charge in [-0.25, -0.2) is 4.98 Å². The molecule has 0 amide bonds. The van der Waals surface area contributed by atoms with Gasteiger partial charge in [0, 0.05) is 0 Å². The SMILES string of the molecule is CSCC[C@@H](N)c1ncn[nH]1. The molecule has 0 saturated carbocycles. The number of hydrogen-bond acceptors (Lipinski definition) is 4. The van der Waals surface area contributed by atoms with Crippen molar-refractivity contribution in [3.8, 4) is 0 Å². The summed E-state index contributed by atoms with van der Waals surface area (Å²) in [6.07, 6.45) is 4.48. The summed E-state index contributed by atoms with van der Waals surface area (Å²) in [4.78, 5) is 3.97. The third-order valence-electron chi connectivity index (χ3n) is 1.42. The molecule has 62 valence electrons. The van der Waals surface area contributed by atoms with Gasteiger partial charge < -0.3 is 5.73 Å². The molecule has 0 radical (unpaired) electrons. The monoisotopic (exact) mass is 172 g/mol. The number of aromatic nitrogens is 3. The first kappa shape index (κ1) is 8.55. The van der Waals surface area contributed by atoms with Gasteiger partial charge in [-0.05, 0) is 18.4 Å². The number of rotatable bonds is 4. The predicted octanol–water partition coefficient (Wildman–Crippen LogP) is 0.558. The normalized spacial score (nSPS) is 13.3. The van der Waals surface area contributed by atoms with Crippen LogP contribution in [0.15, 0.2) is 6.33 Å². The maximum atomic E-state index is 5.78. The van der Waals surface area contributed by atoms with Crippen LogP contribution in [0.25, 0.3) is 0 Å². The third-order valence-corrected chi connectivity index (χ3v) is 2.06. The van der Waals surface area contributed by atoms with Gasteiger partial charge in [0.15, 0.2) is 0 Å². The lowest BCUT2D eigenvalue weighted by Gasteiger charge is -2.05. The molecule has 1 atom stereocenters. The Bertz CT molecular complexity index is 186. The molecule has 1 rings (SSSR count). The number of H-pyrrole nitrogens is 1. The molecular formula is C6H12N4S. The number of thioether (sulfide) groups is 1. The second-order valence-corrected chi connectivity index (χ2v) is 3.24. The molecule has 0 aliphatic heterocycles. The molecule has 1 aromatic heterocycles. The van der Waals surface area contributed by atoms with Crippen LogP contribution in [0.4, 0.5) is 0 Å². The van der Waals surface area contributed by atoms with Gasteiger partial charge in [-0.1, -0.05) is 0 Å². The topological polar surface area (TPSA) is 67.6 Å². The first-order chi connectivity index (χ1) is 5.34. The zero-order valence-electron chi connectivity index (χ0n) is 6.45. The highest BCUT2D eigenvalue weighted by Crippen LogP contribution is 2.09. The molecule has 4 nitrogen and oxygen atoms in total. The molecule has 0 aromatic carbocycles. The van der Waals surface area contributed by atoms with E-state index in [0.717, 1.165) is 18.0 Å². The van der Waals surface area contributed by atoms with Gasteiger partial charge in [0.1, 0.15) is 12.2 Å². The Labute approximate surface area is 70.0 Å². The van der Waals surface area contributed by atoms with E-state index < -0.39 is 0 Å². The Balaban J connectivity index is 2.36. The lowest BCUT2D eigenvalue weighted by atomic mass is 10.2. The summed E-state index contributed by atoms with van der Waals surface area (Å²) in [5, 5.41) is 6.48. The molecule has 3 N–H and O–H groups in total. The van der Waals surface area contributed by atoms with Crippen LogP contribution in [-0.2, 0) is 0 Å². The molecular weight excluding hydrogens is 160 g/mol. The van der Waals surface area contributed by atoms with Crippen molar-refractivity contribution in [3.05, 3.63) is 12.2 Å². The highest BCUT2D eigenvalue weighted by atomic mass is 32.2. The average molecular weight is 172 g/mol. The van der Waals surface area contributed by atoms with Crippen molar-refractivity contribution < 1.29 is 0 Å². The summed E-state index contributed by atoms with van der Waals surface area (Å²) in [6, 6.07) is 0.00458. The number of aromatic amines is 1. The van der Waals surface area contributed by atoms with E-state index in [-0.39, 0.29) is 6.04 Å². The van der Waals surface area contributed by atoms with Crippen molar-refractivity contribution in [1.29, 1.82) is 0 Å². The lowest BCUT2D eigenvalue weighted by Crippen LogP contribution is -2.12. The minimum absolute atomic E-state index is 0.00458. The van der Waals surface area contributed by atoms with Gasteiger partial charge >= 0.3 is 0 Å². The predicted molar refractivity (Wildman–Crippen MR) is 46.3 cm³/mol. The Morgan fingerprint density at radius 1 is 1.82 bits per heavy atom. The van der Waals surface area contributed by atoms with Crippen molar-refractivity contribution in [2.75, 3.05) is 12.0 Å². The summed E-state index contributed by atoms with van der Waals surface area (Å²) in [5.41, 5.74) is 5.78. The molecule has 0 bridgehead atoms. The zero-order chi connectivity index (χ0) is 8.10. The van der Waals surface area contributed by atoms with Crippen molar-refractivity contribution in [1.82, 2.24) is 15.2 Å². The second-order valence-electron chi connectivity index (χ2n) is 2.26. The van der Waals surface area contributed by atoms with Crippen LogP contribution in [0.2, 0.25) is 0 Å². The van der Waals surface area contributed by atoms with Crippen molar-refractivity contribution in [2.45, 2.75) is 12.5 Å². The lowest BCUT2D eigenvalue weighted by molar-refractivity contribution is 0.658. The van der Waals surface area contributed by atoms with Crippen LogP contribution >= 0.6 is 11.8 Å². The van der Waals surface area contributed by atoms with Gasteiger partial charge in [-0.15, -0.1) is 0 Å². The van der Waals surface area contributed by atoms with E-state index in [9.17, 15) is 0 Å². The van der Waals surface area contributed by atoms with E-state index in [1.807, 2.05) is 0 Å². The van der Waals surface area contributed by atoms with Gasteiger partial charge in [0.05, 0.1) is 6.04 Å². The van der Waals surface area contributed by atoms with Crippen LogP contribution < -0.4 is 5.73 Å². The quantitative estimate of drug-likeness (QED) is 0.696.